The summed E-state index contributed by atoms with van der Waals surface area (Å²) < 4.78 is 0. The Bertz CT molecular complexity index is 1300. The number of hydrogen-bond donors (Lipinski definition) is 3. The lowest BCUT2D eigenvalue weighted by molar-refractivity contribution is -0.137. The topological polar surface area (TPSA) is 108 Å². The largest absolute Gasteiger partial charge is 0.326 e. The zero-order chi connectivity index (χ0) is 22.9. The van der Waals surface area contributed by atoms with Crippen LogP contribution in [0.4, 0.5) is 10.5 Å². The summed E-state index contributed by atoms with van der Waals surface area (Å²) in [6.45, 7) is 1.08. The van der Waals surface area contributed by atoms with Gasteiger partial charge in [0.25, 0.3) is 5.91 Å². The van der Waals surface area contributed by atoms with Crippen molar-refractivity contribution in [3.8, 4) is 0 Å². The molecule has 1 unspecified atom stereocenters. The van der Waals surface area contributed by atoms with Gasteiger partial charge in [-0.2, -0.15) is 0 Å². The monoisotopic (exact) mass is 442 g/mol. The summed E-state index contributed by atoms with van der Waals surface area (Å²) in [7, 11) is 0. The average molecular weight is 442 g/mol. The van der Waals surface area contributed by atoms with Gasteiger partial charge in [-0.1, -0.05) is 42.5 Å². The third-order valence-electron chi connectivity index (χ3n) is 6.13. The third kappa shape index (κ3) is 4.20. The predicted octanol–water partition coefficient (Wildman–Crippen LogP) is 2.92. The number of carbonyl (C=O) groups is 4. The fourth-order valence-corrected chi connectivity index (χ4v) is 4.48. The Hall–Kier alpha value is -4.04. The number of anilines is 1. The van der Waals surface area contributed by atoms with Gasteiger partial charge in [0, 0.05) is 30.5 Å². The molecule has 0 aromatic heterocycles. The van der Waals surface area contributed by atoms with Gasteiger partial charge in [0.2, 0.25) is 11.8 Å². The fraction of sp³-hybridized carbons (Fsp3) is 0.200. The van der Waals surface area contributed by atoms with E-state index in [1.807, 2.05) is 47.4 Å². The molecule has 3 aromatic carbocycles. The summed E-state index contributed by atoms with van der Waals surface area (Å²) in [5.41, 5.74) is 2.94. The van der Waals surface area contributed by atoms with Crippen molar-refractivity contribution >= 4 is 40.2 Å². The van der Waals surface area contributed by atoms with E-state index in [-0.39, 0.29) is 17.9 Å². The van der Waals surface area contributed by atoms with Gasteiger partial charge in [0.15, 0.2) is 0 Å². The Balaban J connectivity index is 1.25. The number of urea groups is 1. The number of piperidine rings is 1. The molecule has 8 heteroatoms. The van der Waals surface area contributed by atoms with E-state index >= 15 is 0 Å². The number of fused-ring (bicyclic) bond motifs is 2. The summed E-state index contributed by atoms with van der Waals surface area (Å²) in [5.74, 6) is -1.02. The number of rotatable bonds is 3. The molecule has 0 bridgehead atoms. The molecule has 5 amide bonds. The van der Waals surface area contributed by atoms with Crippen molar-refractivity contribution in [2.24, 2.45) is 0 Å². The zero-order valence-corrected chi connectivity index (χ0v) is 17.8. The zero-order valence-electron chi connectivity index (χ0n) is 17.8. The maximum Gasteiger partial charge on any atom is 0.326 e. The first-order valence-corrected chi connectivity index (χ1v) is 10.8. The number of nitrogens with zero attached hydrogens (tertiary/aromatic N) is 1. The molecule has 0 aliphatic carbocycles. The Morgan fingerprint density at radius 2 is 1.73 bits per heavy atom. The first-order chi connectivity index (χ1) is 16.0. The van der Waals surface area contributed by atoms with Gasteiger partial charge in [-0.3, -0.25) is 29.9 Å². The minimum Gasteiger partial charge on any atom is -0.307 e. The van der Waals surface area contributed by atoms with Crippen LogP contribution < -0.4 is 16.0 Å². The molecule has 33 heavy (non-hydrogen) atoms. The van der Waals surface area contributed by atoms with Crippen LogP contribution in [-0.4, -0.2) is 34.7 Å². The number of amides is 5. The van der Waals surface area contributed by atoms with Crippen molar-refractivity contribution < 1.29 is 19.2 Å². The van der Waals surface area contributed by atoms with Gasteiger partial charge in [0.05, 0.1) is 11.7 Å². The molecule has 8 nitrogen and oxygen atoms in total. The lowest BCUT2D eigenvalue weighted by Crippen LogP contribution is -2.50. The van der Waals surface area contributed by atoms with Gasteiger partial charge in [-0.05, 0) is 41.1 Å². The molecule has 2 aliphatic heterocycles. The van der Waals surface area contributed by atoms with E-state index in [1.165, 1.54) is 0 Å². The Morgan fingerprint density at radius 3 is 2.58 bits per heavy atom. The van der Waals surface area contributed by atoms with Crippen molar-refractivity contribution in [1.29, 1.82) is 0 Å². The quantitative estimate of drug-likeness (QED) is 0.541. The third-order valence-corrected chi connectivity index (χ3v) is 6.13. The number of carbonyl (C=O) groups excluding carboxylic acids is 4. The number of imide groups is 2. The highest BCUT2D eigenvalue weighted by atomic mass is 16.2. The smallest absolute Gasteiger partial charge is 0.307 e. The van der Waals surface area contributed by atoms with Gasteiger partial charge >= 0.3 is 6.03 Å². The van der Waals surface area contributed by atoms with Gasteiger partial charge < -0.3 is 5.32 Å². The van der Waals surface area contributed by atoms with Crippen LogP contribution in [0.3, 0.4) is 0 Å². The Morgan fingerprint density at radius 1 is 0.939 bits per heavy atom. The van der Waals surface area contributed by atoms with Gasteiger partial charge in [-0.15, -0.1) is 0 Å². The van der Waals surface area contributed by atoms with Crippen molar-refractivity contribution in [1.82, 2.24) is 15.5 Å². The molecule has 1 fully saturated rings. The fourth-order valence-electron chi connectivity index (χ4n) is 4.48. The Labute approximate surface area is 189 Å². The second-order valence-electron chi connectivity index (χ2n) is 8.29. The maximum absolute atomic E-state index is 12.7. The highest BCUT2D eigenvalue weighted by Gasteiger charge is 2.34. The minimum absolute atomic E-state index is 0.242. The van der Waals surface area contributed by atoms with Crippen LogP contribution in [0, 0.1) is 0 Å². The molecule has 2 aliphatic rings. The van der Waals surface area contributed by atoms with Crippen LogP contribution in [0.25, 0.3) is 10.8 Å². The van der Waals surface area contributed by atoms with Crippen molar-refractivity contribution in [3.05, 3.63) is 77.4 Å². The molecule has 166 valence electrons. The second kappa shape index (κ2) is 8.48. The molecular formula is C25H22N4O4. The summed E-state index contributed by atoms with van der Waals surface area (Å²) in [5, 5.41) is 9.39. The SMILES string of the molecule is O=C1CCC(N2Cc3ccc(C(=O)NC(=O)Nc4cccc5ccccc45)cc3C2)C(=O)N1. The van der Waals surface area contributed by atoms with E-state index in [2.05, 4.69) is 16.0 Å². The Kier molecular flexibility index (Phi) is 5.35. The van der Waals surface area contributed by atoms with Crippen LogP contribution in [0.5, 0.6) is 0 Å². The standard InChI is InChI=1S/C25H22N4O4/c30-22-11-10-21(24(32)27-22)29-13-17-9-8-16(12-18(17)14-29)23(31)28-25(33)26-20-7-3-5-15-4-1-2-6-19(15)20/h1-9,12,21H,10-11,13-14H2,(H,27,30,32)(H2,26,28,31,33). The summed E-state index contributed by atoms with van der Waals surface area (Å²) >= 11 is 0. The van der Waals surface area contributed by atoms with E-state index in [1.54, 1.807) is 18.2 Å². The van der Waals surface area contributed by atoms with Crippen LogP contribution in [-0.2, 0) is 22.7 Å². The van der Waals surface area contributed by atoms with Crippen LogP contribution in [0.15, 0.2) is 60.7 Å². The first-order valence-electron chi connectivity index (χ1n) is 10.8. The lowest BCUT2D eigenvalue weighted by Gasteiger charge is -2.29. The van der Waals surface area contributed by atoms with Crippen molar-refractivity contribution in [2.45, 2.75) is 32.0 Å². The van der Waals surface area contributed by atoms with E-state index in [0.717, 1.165) is 21.9 Å². The molecule has 0 radical (unpaired) electrons. The number of hydrogen-bond acceptors (Lipinski definition) is 5. The van der Waals surface area contributed by atoms with Crippen LogP contribution in [0.1, 0.15) is 34.3 Å². The van der Waals surface area contributed by atoms with Crippen molar-refractivity contribution in [2.75, 3.05) is 5.32 Å². The van der Waals surface area contributed by atoms with E-state index in [9.17, 15) is 19.2 Å². The van der Waals surface area contributed by atoms with Crippen LogP contribution in [0.2, 0.25) is 0 Å². The summed E-state index contributed by atoms with van der Waals surface area (Å²) in [6, 6.07) is 17.5. The predicted molar refractivity (Wildman–Crippen MR) is 122 cm³/mol. The molecule has 1 saturated heterocycles. The molecule has 5 rings (SSSR count). The molecule has 0 spiro atoms. The average Bonchev–Trinajstić information content (AvgIpc) is 3.22. The minimum atomic E-state index is -0.609. The highest BCUT2D eigenvalue weighted by molar-refractivity contribution is 6.10. The summed E-state index contributed by atoms with van der Waals surface area (Å²) in [6.07, 6.45) is 0.809. The highest BCUT2D eigenvalue weighted by Crippen LogP contribution is 2.28. The lowest BCUT2D eigenvalue weighted by atomic mass is 10.0. The molecule has 3 aromatic rings. The van der Waals surface area contributed by atoms with E-state index in [0.29, 0.717) is 37.2 Å². The van der Waals surface area contributed by atoms with E-state index in [4.69, 9.17) is 0 Å². The molecular weight excluding hydrogens is 420 g/mol. The summed E-state index contributed by atoms with van der Waals surface area (Å²) in [4.78, 5) is 50.8. The second-order valence-corrected chi connectivity index (χ2v) is 8.29. The van der Waals surface area contributed by atoms with E-state index < -0.39 is 11.9 Å². The van der Waals surface area contributed by atoms with Crippen molar-refractivity contribution in [3.63, 3.8) is 0 Å². The van der Waals surface area contributed by atoms with Gasteiger partial charge in [-0.25, -0.2) is 4.79 Å². The molecule has 1 atom stereocenters. The van der Waals surface area contributed by atoms with Crippen LogP contribution >= 0.6 is 0 Å². The molecule has 0 saturated carbocycles. The molecule has 3 N–H and O–H groups in total. The number of benzene rings is 3. The first kappa shape index (κ1) is 20.8. The molecule has 2 heterocycles. The maximum atomic E-state index is 12.7. The normalized spacial score (nSPS) is 18.0. The number of nitrogens with one attached hydrogen (secondary N) is 3. The van der Waals surface area contributed by atoms with Gasteiger partial charge in [0.1, 0.15) is 0 Å².